The van der Waals surface area contributed by atoms with Crippen molar-refractivity contribution >= 4 is 16.6 Å². The van der Waals surface area contributed by atoms with Crippen LogP contribution in [0.4, 0.5) is 0 Å². The number of aryl methyl sites for hydroxylation is 3. The molecule has 0 saturated carbocycles. The molecule has 0 atom stereocenters. The van der Waals surface area contributed by atoms with E-state index in [9.17, 15) is 9.59 Å². The first-order chi connectivity index (χ1) is 11.0. The molecule has 0 amide bonds. The van der Waals surface area contributed by atoms with Gasteiger partial charge in [-0.3, -0.25) is 9.59 Å². The summed E-state index contributed by atoms with van der Waals surface area (Å²) in [5.74, 6) is -0.114. The Kier molecular flexibility index (Phi) is 3.82. The van der Waals surface area contributed by atoms with Gasteiger partial charge in [-0.15, -0.1) is 0 Å². The molecule has 0 N–H and O–H groups in total. The third kappa shape index (κ3) is 2.80. The molecule has 4 heteroatoms. The summed E-state index contributed by atoms with van der Waals surface area (Å²) in [6, 6.07) is 12.9. The minimum absolute atomic E-state index is 0.0486. The Hall–Kier alpha value is -2.75. The number of nitrogens with zero attached hydrogens (tertiary/aromatic N) is 2. The summed E-state index contributed by atoms with van der Waals surface area (Å²) < 4.78 is 1.26. The number of fused-ring (bicyclic) bond motifs is 1. The van der Waals surface area contributed by atoms with Crippen LogP contribution in [-0.4, -0.2) is 15.6 Å². The molecule has 3 aromatic rings. The number of hydrogen-bond acceptors (Lipinski definition) is 3. The molecule has 0 bridgehead atoms. The van der Waals surface area contributed by atoms with Gasteiger partial charge in [-0.1, -0.05) is 30.3 Å². The monoisotopic (exact) mass is 306 g/mol. The van der Waals surface area contributed by atoms with Crippen LogP contribution in [0.5, 0.6) is 0 Å². The van der Waals surface area contributed by atoms with Gasteiger partial charge in [-0.05, 0) is 44.0 Å². The zero-order chi connectivity index (χ0) is 16.6. The molecule has 0 saturated heterocycles. The molecule has 116 valence electrons. The van der Waals surface area contributed by atoms with E-state index >= 15 is 0 Å². The highest BCUT2D eigenvalue weighted by atomic mass is 16.1. The van der Waals surface area contributed by atoms with Crippen LogP contribution in [-0.2, 0) is 6.54 Å². The summed E-state index contributed by atoms with van der Waals surface area (Å²) in [5, 5.41) is 5.71. The van der Waals surface area contributed by atoms with Crippen molar-refractivity contribution in [3.63, 3.8) is 0 Å². The lowest BCUT2D eigenvalue weighted by atomic mass is 10.0. The fourth-order valence-electron chi connectivity index (χ4n) is 2.65. The smallest absolute Gasteiger partial charge is 0.275 e. The second-order valence-corrected chi connectivity index (χ2v) is 5.82. The van der Waals surface area contributed by atoms with Crippen molar-refractivity contribution in [3.05, 3.63) is 75.2 Å². The van der Waals surface area contributed by atoms with Crippen LogP contribution in [0, 0.1) is 20.8 Å². The lowest BCUT2D eigenvalue weighted by Crippen LogP contribution is -2.27. The molecule has 0 spiro atoms. The Bertz CT molecular complexity index is 971. The van der Waals surface area contributed by atoms with Gasteiger partial charge in [0, 0.05) is 10.9 Å². The van der Waals surface area contributed by atoms with E-state index in [-0.39, 0.29) is 17.9 Å². The lowest BCUT2D eigenvalue weighted by molar-refractivity contribution is 0.0965. The van der Waals surface area contributed by atoms with Gasteiger partial charge in [0.05, 0.1) is 11.1 Å². The molecule has 0 unspecified atom stereocenters. The molecule has 4 nitrogen and oxygen atoms in total. The van der Waals surface area contributed by atoms with Crippen LogP contribution in [0.15, 0.2) is 47.3 Å². The summed E-state index contributed by atoms with van der Waals surface area (Å²) in [6.07, 6.45) is 0. The van der Waals surface area contributed by atoms with Crippen LogP contribution in [0.3, 0.4) is 0 Å². The van der Waals surface area contributed by atoms with E-state index in [1.165, 1.54) is 4.68 Å². The largest absolute Gasteiger partial charge is 0.292 e. The second-order valence-electron chi connectivity index (χ2n) is 5.82. The quantitative estimate of drug-likeness (QED) is 0.698. The summed E-state index contributed by atoms with van der Waals surface area (Å²) in [4.78, 5) is 25.0. The van der Waals surface area contributed by atoms with Crippen molar-refractivity contribution < 1.29 is 4.79 Å². The topological polar surface area (TPSA) is 52.0 Å². The molecule has 0 fully saturated rings. The van der Waals surface area contributed by atoms with Crippen molar-refractivity contribution in [2.24, 2.45) is 0 Å². The van der Waals surface area contributed by atoms with Crippen LogP contribution in [0.25, 0.3) is 10.8 Å². The van der Waals surface area contributed by atoms with Crippen molar-refractivity contribution in [1.29, 1.82) is 0 Å². The minimum atomic E-state index is -0.233. The van der Waals surface area contributed by atoms with E-state index in [1.807, 2.05) is 51.1 Å². The average molecular weight is 306 g/mol. The second kappa shape index (κ2) is 5.80. The summed E-state index contributed by atoms with van der Waals surface area (Å²) in [5.41, 5.74) is 3.31. The molecule has 23 heavy (non-hydrogen) atoms. The molecular formula is C19H18N2O2. The predicted molar refractivity (Wildman–Crippen MR) is 91.0 cm³/mol. The maximum atomic E-state index is 12.5. The zero-order valence-corrected chi connectivity index (χ0v) is 13.5. The van der Waals surface area contributed by atoms with Gasteiger partial charge < -0.3 is 0 Å². The van der Waals surface area contributed by atoms with E-state index in [0.29, 0.717) is 10.9 Å². The zero-order valence-electron chi connectivity index (χ0n) is 13.5. The van der Waals surface area contributed by atoms with Gasteiger partial charge in [0.15, 0.2) is 5.78 Å². The molecular weight excluding hydrogens is 288 g/mol. The molecule has 1 aromatic heterocycles. The van der Waals surface area contributed by atoms with Crippen molar-refractivity contribution in [1.82, 2.24) is 9.78 Å². The lowest BCUT2D eigenvalue weighted by Gasteiger charge is -2.09. The van der Waals surface area contributed by atoms with Crippen LogP contribution >= 0.6 is 0 Å². The molecule has 0 aliphatic rings. The van der Waals surface area contributed by atoms with Gasteiger partial charge in [0.25, 0.3) is 5.56 Å². The van der Waals surface area contributed by atoms with Crippen LogP contribution < -0.4 is 5.56 Å². The molecule has 0 radical (unpaired) electrons. The first kappa shape index (κ1) is 15.2. The normalized spacial score (nSPS) is 10.9. The summed E-state index contributed by atoms with van der Waals surface area (Å²) >= 11 is 0. The Morgan fingerprint density at radius 3 is 2.39 bits per heavy atom. The van der Waals surface area contributed by atoms with Crippen molar-refractivity contribution in [3.8, 4) is 0 Å². The third-order valence-electron chi connectivity index (χ3n) is 4.17. The number of rotatable bonds is 3. The molecule has 1 heterocycles. The van der Waals surface area contributed by atoms with Gasteiger partial charge in [0.1, 0.15) is 6.54 Å². The highest BCUT2D eigenvalue weighted by Gasteiger charge is 2.12. The third-order valence-corrected chi connectivity index (χ3v) is 4.17. The number of hydrogen-bond donors (Lipinski definition) is 0. The Morgan fingerprint density at radius 2 is 1.70 bits per heavy atom. The highest BCUT2D eigenvalue weighted by Crippen LogP contribution is 2.13. The van der Waals surface area contributed by atoms with Crippen LogP contribution in [0.1, 0.15) is 27.2 Å². The maximum Gasteiger partial charge on any atom is 0.275 e. The van der Waals surface area contributed by atoms with Gasteiger partial charge in [-0.25, -0.2) is 4.68 Å². The molecule has 2 aromatic carbocycles. The number of Topliss-reactive ketones (excluding diaryl/α,β-unsaturated/α-hetero) is 1. The first-order valence-electron chi connectivity index (χ1n) is 7.54. The highest BCUT2D eigenvalue weighted by molar-refractivity contribution is 5.96. The van der Waals surface area contributed by atoms with E-state index in [2.05, 4.69) is 5.10 Å². The molecule has 3 rings (SSSR count). The van der Waals surface area contributed by atoms with Gasteiger partial charge >= 0.3 is 0 Å². The van der Waals surface area contributed by atoms with Gasteiger partial charge in [0.2, 0.25) is 0 Å². The first-order valence-corrected chi connectivity index (χ1v) is 7.54. The van der Waals surface area contributed by atoms with Crippen molar-refractivity contribution in [2.75, 3.05) is 0 Å². The van der Waals surface area contributed by atoms with Gasteiger partial charge in [-0.2, -0.15) is 5.10 Å². The number of carbonyl (C=O) groups excluding carboxylic acids is 1. The Morgan fingerprint density at radius 1 is 1.00 bits per heavy atom. The standard InChI is InChI=1S/C19H18N2O2/c1-12-8-9-15(10-13(12)2)18(22)11-21-19(23)17-7-5-4-6-16(17)14(3)20-21/h4-10H,11H2,1-3H3. The summed E-state index contributed by atoms with van der Waals surface area (Å²) in [6.45, 7) is 5.77. The molecule has 0 aliphatic carbocycles. The minimum Gasteiger partial charge on any atom is -0.292 e. The van der Waals surface area contributed by atoms with E-state index in [0.717, 1.165) is 22.2 Å². The Balaban J connectivity index is 2.01. The fourth-order valence-corrected chi connectivity index (χ4v) is 2.65. The maximum absolute atomic E-state index is 12.5. The fraction of sp³-hybridized carbons (Fsp3) is 0.211. The van der Waals surface area contributed by atoms with E-state index in [1.54, 1.807) is 12.1 Å². The van der Waals surface area contributed by atoms with Crippen LogP contribution in [0.2, 0.25) is 0 Å². The Labute approximate surface area is 134 Å². The summed E-state index contributed by atoms with van der Waals surface area (Å²) in [7, 11) is 0. The number of carbonyl (C=O) groups is 1. The van der Waals surface area contributed by atoms with E-state index in [4.69, 9.17) is 0 Å². The number of ketones is 1. The number of aromatic nitrogens is 2. The predicted octanol–water partition coefficient (Wildman–Crippen LogP) is 3.20. The average Bonchev–Trinajstić information content (AvgIpc) is 2.55. The van der Waals surface area contributed by atoms with Crippen molar-refractivity contribution in [2.45, 2.75) is 27.3 Å². The molecule has 0 aliphatic heterocycles. The SMILES string of the molecule is Cc1ccc(C(=O)Cn2nc(C)c3ccccc3c2=O)cc1C. The number of benzene rings is 2. The van der Waals surface area contributed by atoms with E-state index < -0.39 is 0 Å².